The molecule has 1 amide bonds. The van der Waals surface area contributed by atoms with E-state index < -0.39 is 0 Å². The van der Waals surface area contributed by atoms with Crippen LogP contribution in [0, 0.1) is 12.0 Å². The summed E-state index contributed by atoms with van der Waals surface area (Å²) in [6.45, 7) is 6.29. The van der Waals surface area contributed by atoms with Crippen molar-refractivity contribution in [2.75, 3.05) is 7.11 Å². The molecule has 4 heteroatoms. The zero-order chi connectivity index (χ0) is 19.4. The molecule has 2 N–H and O–H groups in total. The number of hydrogen-bond donors (Lipinski definition) is 2. The van der Waals surface area contributed by atoms with Gasteiger partial charge in [-0.1, -0.05) is 44.0 Å². The van der Waals surface area contributed by atoms with Crippen LogP contribution in [-0.2, 0) is 19.4 Å². The second-order valence-corrected chi connectivity index (χ2v) is 5.64. The number of carbonyl (C=O) groups is 1. The van der Waals surface area contributed by atoms with Crippen molar-refractivity contribution in [3.8, 4) is 17.8 Å². The first-order valence-corrected chi connectivity index (χ1v) is 8.67. The van der Waals surface area contributed by atoms with Crippen molar-refractivity contribution in [1.82, 2.24) is 5.32 Å². The third kappa shape index (κ3) is 6.90. The maximum atomic E-state index is 12.3. The molecule has 0 fully saturated rings. The number of ether oxygens (including phenoxy) is 1. The quantitative estimate of drug-likeness (QED) is 0.769. The molecular formula is C22H27NO3. The van der Waals surface area contributed by atoms with E-state index in [4.69, 9.17) is 9.84 Å². The number of methoxy groups -OCH3 is 1. The Morgan fingerprint density at radius 2 is 1.62 bits per heavy atom. The highest BCUT2D eigenvalue weighted by Gasteiger charge is 2.08. The first-order valence-electron chi connectivity index (χ1n) is 8.67. The van der Waals surface area contributed by atoms with E-state index in [2.05, 4.69) is 49.4 Å². The Morgan fingerprint density at radius 3 is 2.12 bits per heavy atom. The van der Waals surface area contributed by atoms with Crippen molar-refractivity contribution in [3.05, 3.63) is 64.7 Å². The summed E-state index contributed by atoms with van der Waals surface area (Å²) in [5.74, 6) is 2.88. The van der Waals surface area contributed by atoms with Crippen molar-refractivity contribution in [3.63, 3.8) is 0 Å². The van der Waals surface area contributed by atoms with Crippen molar-refractivity contribution in [2.45, 2.75) is 40.2 Å². The molecule has 0 saturated heterocycles. The number of aliphatic hydroxyl groups is 1. The van der Waals surface area contributed by atoms with Gasteiger partial charge in [-0.2, -0.15) is 0 Å². The van der Waals surface area contributed by atoms with Crippen LogP contribution in [0.25, 0.3) is 0 Å². The van der Waals surface area contributed by atoms with Gasteiger partial charge in [-0.3, -0.25) is 4.79 Å². The Morgan fingerprint density at radius 1 is 1.04 bits per heavy atom. The molecule has 0 spiro atoms. The number of aliphatic hydroxyl groups excluding tert-OH is 1. The smallest absolute Gasteiger partial charge is 0.251 e. The zero-order valence-corrected chi connectivity index (χ0v) is 15.9. The van der Waals surface area contributed by atoms with Crippen LogP contribution in [-0.4, -0.2) is 18.1 Å². The van der Waals surface area contributed by atoms with E-state index in [9.17, 15) is 4.79 Å². The maximum Gasteiger partial charge on any atom is 0.251 e. The van der Waals surface area contributed by atoms with Gasteiger partial charge in [0.15, 0.2) is 0 Å². The van der Waals surface area contributed by atoms with Crippen LogP contribution in [0.1, 0.15) is 47.8 Å². The number of amides is 1. The van der Waals surface area contributed by atoms with E-state index in [0.29, 0.717) is 12.1 Å². The second-order valence-electron chi connectivity index (χ2n) is 5.64. The number of rotatable bonds is 6. The van der Waals surface area contributed by atoms with Gasteiger partial charge in [-0.05, 0) is 47.7 Å². The summed E-state index contributed by atoms with van der Waals surface area (Å²) in [5.41, 5.74) is 4.14. The van der Waals surface area contributed by atoms with Crippen LogP contribution in [0.4, 0.5) is 0 Å². The summed E-state index contributed by atoms with van der Waals surface area (Å²) >= 11 is 0. The highest BCUT2D eigenvalue weighted by Crippen LogP contribution is 2.17. The Kier molecular flexibility index (Phi) is 9.42. The van der Waals surface area contributed by atoms with E-state index in [0.717, 1.165) is 29.7 Å². The number of aryl methyl sites for hydroxylation is 2. The Balaban J connectivity index is 0.000000765. The Labute approximate surface area is 156 Å². The fourth-order valence-electron chi connectivity index (χ4n) is 2.29. The van der Waals surface area contributed by atoms with Gasteiger partial charge in [-0.15, -0.1) is 0 Å². The molecule has 0 bridgehead atoms. The van der Waals surface area contributed by atoms with Gasteiger partial charge in [0.1, 0.15) is 11.9 Å². The second kappa shape index (κ2) is 11.6. The maximum absolute atomic E-state index is 12.3. The van der Waals surface area contributed by atoms with Crippen molar-refractivity contribution in [1.29, 1.82) is 0 Å². The molecule has 4 nitrogen and oxygen atoms in total. The fraction of sp³-hybridized carbons (Fsp3) is 0.318. The minimum atomic E-state index is -0.0758. The highest BCUT2D eigenvalue weighted by molar-refractivity contribution is 5.94. The Bertz CT molecular complexity index is 727. The first-order chi connectivity index (χ1) is 12.6. The molecule has 0 aliphatic heterocycles. The van der Waals surface area contributed by atoms with Crippen molar-refractivity contribution >= 4 is 5.91 Å². The van der Waals surface area contributed by atoms with E-state index in [1.807, 2.05) is 12.1 Å². The van der Waals surface area contributed by atoms with E-state index in [-0.39, 0.29) is 5.91 Å². The lowest BCUT2D eigenvalue weighted by molar-refractivity contribution is 0.0950. The lowest BCUT2D eigenvalue weighted by Crippen LogP contribution is -2.23. The first kappa shape index (κ1) is 21.1. The fourth-order valence-corrected chi connectivity index (χ4v) is 2.29. The standard InChI is InChI=1S/C19H23NO2.C3H4O/c1-4-14-6-8-16(9-7-14)13-20-19(21)17-10-15(5-2)11-18(12-17)22-3;1-2-3-4/h6-12H,4-5,13H2,1-3H3,(H,20,21);4H,1H3. The molecule has 0 radical (unpaired) electrons. The van der Waals surface area contributed by atoms with Crippen LogP contribution >= 0.6 is 0 Å². The van der Waals surface area contributed by atoms with Gasteiger partial charge in [0.25, 0.3) is 5.91 Å². The Hall–Kier alpha value is -2.93. The van der Waals surface area contributed by atoms with Gasteiger partial charge in [-0.25, -0.2) is 0 Å². The molecule has 0 saturated carbocycles. The predicted octanol–water partition coefficient (Wildman–Crippen LogP) is 4.09. The molecule has 0 heterocycles. The topological polar surface area (TPSA) is 58.6 Å². The number of hydrogen-bond acceptors (Lipinski definition) is 3. The molecular weight excluding hydrogens is 326 g/mol. The van der Waals surface area contributed by atoms with Gasteiger partial charge in [0, 0.05) is 19.0 Å². The third-order valence-corrected chi connectivity index (χ3v) is 3.87. The average Bonchev–Trinajstić information content (AvgIpc) is 2.71. The van der Waals surface area contributed by atoms with Gasteiger partial charge in [0.2, 0.25) is 0 Å². The SMILES string of the molecule is CC#CO.CCc1ccc(CNC(=O)c2cc(CC)cc(OC)c2)cc1. The summed E-state index contributed by atoms with van der Waals surface area (Å²) in [4.78, 5) is 12.3. The molecule has 26 heavy (non-hydrogen) atoms. The van der Waals surface area contributed by atoms with Crippen molar-refractivity contribution in [2.24, 2.45) is 0 Å². The van der Waals surface area contributed by atoms with Crippen LogP contribution in [0.2, 0.25) is 0 Å². The van der Waals surface area contributed by atoms with E-state index in [1.165, 1.54) is 5.56 Å². The van der Waals surface area contributed by atoms with Gasteiger partial charge in [0.05, 0.1) is 7.11 Å². The molecule has 0 unspecified atom stereocenters. The number of nitrogens with one attached hydrogen (secondary N) is 1. The third-order valence-electron chi connectivity index (χ3n) is 3.87. The summed E-state index contributed by atoms with van der Waals surface area (Å²) in [7, 11) is 1.62. The van der Waals surface area contributed by atoms with Crippen molar-refractivity contribution < 1.29 is 14.6 Å². The van der Waals surface area contributed by atoms with E-state index >= 15 is 0 Å². The van der Waals surface area contributed by atoms with Crippen LogP contribution < -0.4 is 10.1 Å². The molecule has 2 aromatic carbocycles. The summed E-state index contributed by atoms with van der Waals surface area (Å²) in [6, 6.07) is 14.0. The number of carbonyl (C=O) groups excluding carboxylic acids is 1. The lowest BCUT2D eigenvalue weighted by atomic mass is 10.1. The highest BCUT2D eigenvalue weighted by atomic mass is 16.5. The molecule has 2 rings (SSSR count). The summed E-state index contributed by atoms with van der Waals surface area (Å²) in [6.07, 6.45) is 3.58. The lowest BCUT2D eigenvalue weighted by Gasteiger charge is -2.09. The normalized spacial score (nSPS) is 9.23. The van der Waals surface area contributed by atoms with Crippen LogP contribution in [0.3, 0.4) is 0 Å². The van der Waals surface area contributed by atoms with Gasteiger partial charge >= 0.3 is 0 Å². The average molecular weight is 353 g/mol. The van der Waals surface area contributed by atoms with Gasteiger partial charge < -0.3 is 15.2 Å². The zero-order valence-electron chi connectivity index (χ0n) is 15.9. The number of benzene rings is 2. The largest absolute Gasteiger partial charge is 0.497 e. The summed E-state index contributed by atoms with van der Waals surface area (Å²) in [5, 5.41) is 10.5. The molecule has 0 atom stereocenters. The minimum absolute atomic E-state index is 0.0758. The molecule has 2 aromatic rings. The molecule has 0 aliphatic rings. The van der Waals surface area contributed by atoms with E-state index in [1.54, 1.807) is 26.2 Å². The predicted molar refractivity (Wildman–Crippen MR) is 105 cm³/mol. The van der Waals surface area contributed by atoms with Crippen LogP contribution in [0.5, 0.6) is 5.75 Å². The monoisotopic (exact) mass is 353 g/mol. The molecule has 0 aromatic heterocycles. The minimum Gasteiger partial charge on any atom is -0.497 e. The summed E-state index contributed by atoms with van der Waals surface area (Å²) < 4.78 is 5.26. The molecule has 138 valence electrons. The van der Waals surface area contributed by atoms with Crippen LogP contribution in [0.15, 0.2) is 42.5 Å². The molecule has 0 aliphatic carbocycles.